The Morgan fingerprint density at radius 1 is 0.909 bits per heavy atom. The van der Waals surface area contributed by atoms with E-state index in [0.29, 0.717) is 0 Å². The maximum absolute atomic E-state index is 8.67. The standard InChI is InChI=1S/C6H6.Na.H2O3S.H/c1-2-4-6-5-3-1;;1-4(2)3;/h1-6H;;(H2,1,2,3);/q;+1;;-1. The normalized spacial score (nSPS) is 7.55. The molecular formula is C6H9NaO3S. The van der Waals surface area contributed by atoms with Gasteiger partial charge in [0.15, 0.2) is 0 Å². The third kappa shape index (κ3) is 17.9. The molecule has 0 aliphatic carbocycles. The maximum atomic E-state index is 8.67. The first kappa shape index (κ1) is 13.9. The van der Waals surface area contributed by atoms with E-state index in [1.165, 1.54) is 0 Å². The zero-order valence-corrected chi connectivity index (χ0v) is 8.99. The molecule has 1 aromatic rings. The second-order valence-electron chi connectivity index (χ2n) is 1.39. The van der Waals surface area contributed by atoms with E-state index in [1.807, 2.05) is 36.4 Å². The van der Waals surface area contributed by atoms with E-state index in [0.717, 1.165) is 0 Å². The van der Waals surface area contributed by atoms with Crippen LogP contribution in [0.25, 0.3) is 0 Å². The minimum atomic E-state index is -2.61. The second-order valence-corrected chi connectivity index (χ2v) is 1.85. The minimum absolute atomic E-state index is 0. The molecule has 0 aliphatic rings. The Morgan fingerprint density at radius 2 is 1.00 bits per heavy atom. The van der Waals surface area contributed by atoms with Gasteiger partial charge in [-0.1, -0.05) is 36.4 Å². The quantitative estimate of drug-likeness (QED) is 0.380. The van der Waals surface area contributed by atoms with E-state index in [4.69, 9.17) is 13.3 Å². The Morgan fingerprint density at radius 3 is 1.09 bits per heavy atom. The molecule has 3 nitrogen and oxygen atoms in total. The van der Waals surface area contributed by atoms with Gasteiger partial charge in [0, 0.05) is 0 Å². The van der Waals surface area contributed by atoms with Gasteiger partial charge < -0.3 is 1.43 Å². The van der Waals surface area contributed by atoms with Crippen LogP contribution in [0, 0.1) is 0 Å². The fourth-order valence-corrected chi connectivity index (χ4v) is 0.385. The van der Waals surface area contributed by atoms with Crippen molar-refractivity contribution >= 4 is 11.4 Å². The van der Waals surface area contributed by atoms with Crippen LogP contribution in [-0.4, -0.2) is 13.3 Å². The van der Waals surface area contributed by atoms with E-state index >= 15 is 0 Å². The van der Waals surface area contributed by atoms with Crippen molar-refractivity contribution in [2.45, 2.75) is 0 Å². The zero-order valence-electron chi connectivity index (χ0n) is 7.18. The molecule has 58 valence electrons. The topological polar surface area (TPSA) is 57.5 Å². The molecule has 0 aliphatic heterocycles. The van der Waals surface area contributed by atoms with Crippen LogP contribution in [0.1, 0.15) is 1.43 Å². The van der Waals surface area contributed by atoms with Crippen molar-refractivity contribution in [3.8, 4) is 0 Å². The summed E-state index contributed by atoms with van der Waals surface area (Å²) >= 11 is -2.61. The molecule has 0 atom stereocenters. The Balaban J connectivity index is -0.000000124. The predicted molar refractivity (Wildman–Crippen MR) is 41.0 cm³/mol. The molecule has 11 heavy (non-hydrogen) atoms. The van der Waals surface area contributed by atoms with Gasteiger partial charge in [0.1, 0.15) is 0 Å². The van der Waals surface area contributed by atoms with Gasteiger partial charge in [-0.05, 0) is 0 Å². The first-order chi connectivity index (χ1) is 4.73. The van der Waals surface area contributed by atoms with Crippen molar-refractivity contribution in [3.63, 3.8) is 0 Å². The van der Waals surface area contributed by atoms with Gasteiger partial charge in [-0.25, -0.2) is 0 Å². The van der Waals surface area contributed by atoms with Gasteiger partial charge in [0.2, 0.25) is 0 Å². The first-order valence-corrected chi connectivity index (χ1v) is 3.60. The molecule has 0 saturated heterocycles. The van der Waals surface area contributed by atoms with Crippen molar-refractivity contribution in [3.05, 3.63) is 36.4 Å². The van der Waals surface area contributed by atoms with Crippen molar-refractivity contribution in [1.82, 2.24) is 0 Å². The van der Waals surface area contributed by atoms with E-state index < -0.39 is 11.4 Å². The molecule has 2 N–H and O–H groups in total. The van der Waals surface area contributed by atoms with Gasteiger partial charge in [-0.3, -0.25) is 9.11 Å². The van der Waals surface area contributed by atoms with E-state index in [-0.39, 0.29) is 31.0 Å². The molecule has 0 amide bonds. The predicted octanol–water partition coefficient (Wildman–Crippen LogP) is -1.52. The Labute approximate surface area is 91.7 Å². The summed E-state index contributed by atoms with van der Waals surface area (Å²) < 4.78 is 22.8. The summed E-state index contributed by atoms with van der Waals surface area (Å²) in [6.45, 7) is 0. The van der Waals surface area contributed by atoms with Crippen molar-refractivity contribution in [2.24, 2.45) is 0 Å². The SMILES string of the molecule is O=S(O)O.[H-].[Na+].c1ccccc1. The Kier molecular flexibility index (Phi) is 13.0. The third-order valence-corrected chi connectivity index (χ3v) is 0.667. The van der Waals surface area contributed by atoms with Crippen LogP contribution in [0.3, 0.4) is 0 Å². The molecule has 0 fully saturated rings. The average molecular weight is 184 g/mol. The fourth-order valence-electron chi connectivity index (χ4n) is 0.385. The molecule has 1 aromatic carbocycles. The van der Waals surface area contributed by atoms with Crippen LogP contribution in [0.2, 0.25) is 0 Å². The summed E-state index contributed by atoms with van der Waals surface area (Å²) in [7, 11) is 0. The number of hydrogen-bond acceptors (Lipinski definition) is 1. The molecule has 0 spiro atoms. The summed E-state index contributed by atoms with van der Waals surface area (Å²) in [5, 5.41) is 0. The fraction of sp³-hybridized carbons (Fsp3) is 0. The maximum Gasteiger partial charge on any atom is 1.00 e. The van der Waals surface area contributed by atoms with Crippen molar-refractivity contribution in [2.75, 3.05) is 0 Å². The van der Waals surface area contributed by atoms with Gasteiger partial charge in [0.25, 0.3) is 11.4 Å². The molecule has 0 radical (unpaired) electrons. The summed E-state index contributed by atoms with van der Waals surface area (Å²) in [6.07, 6.45) is 0. The summed E-state index contributed by atoms with van der Waals surface area (Å²) in [5.41, 5.74) is 0. The smallest absolute Gasteiger partial charge is 1.00 e. The monoisotopic (exact) mass is 184 g/mol. The van der Waals surface area contributed by atoms with Crippen molar-refractivity contribution in [1.29, 1.82) is 0 Å². The zero-order chi connectivity index (χ0) is 7.82. The Hall–Kier alpha value is 0.290. The molecule has 0 saturated carbocycles. The number of rotatable bonds is 0. The summed E-state index contributed by atoms with van der Waals surface area (Å²) in [5.74, 6) is 0. The molecule has 1 rings (SSSR count). The minimum Gasteiger partial charge on any atom is -1.00 e. The molecule has 0 aromatic heterocycles. The summed E-state index contributed by atoms with van der Waals surface area (Å²) in [6, 6.07) is 12.0. The van der Waals surface area contributed by atoms with Crippen LogP contribution < -0.4 is 29.6 Å². The average Bonchev–Trinajstić information content (AvgIpc) is 1.90. The third-order valence-electron chi connectivity index (χ3n) is 0.667. The molecule has 5 heteroatoms. The second kappa shape index (κ2) is 10.3. The van der Waals surface area contributed by atoms with Crippen LogP contribution in [0.4, 0.5) is 0 Å². The van der Waals surface area contributed by atoms with Crippen LogP contribution in [0.15, 0.2) is 36.4 Å². The largest absolute Gasteiger partial charge is 1.00 e. The molecular weight excluding hydrogens is 175 g/mol. The first-order valence-electron chi connectivity index (χ1n) is 2.53. The van der Waals surface area contributed by atoms with Gasteiger partial charge >= 0.3 is 29.6 Å². The molecule has 0 unspecified atom stereocenters. The van der Waals surface area contributed by atoms with E-state index in [9.17, 15) is 0 Å². The van der Waals surface area contributed by atoms with E-state index in [1.54, 1.807) is 0 Å². The van der Waals surface area contributed by atoms with Crippen LogP contribution >= 0.6 is 0 Å². The number of hydrogen-bond donors (Lipinski definition) is 2. The Bertz CT molecular complexity index is 155. The molecule has 0 heterocycles. The van der Waals surface area contributed by atoms with Crippen LogP contribution in [-0.2, 0) is 11.4 Å². The van der Waals surface area contributed by atoms with Gasteiger partial charge in [-0.15, -0.1) is 0 Å². The van der Waals surface area contributed by atoms with Gasteiger partial charge in [-0.2, -0.15) is 4.21 Å². The molecule has 0 bridgehead atoms. The van der Waals surface area contributed by atoms with Gasteiger partial charge in [0.05, 0.1) is 0 Å². The van der Waals surface area contributed by atoms with E-state index in [2.05, 4.69) is 0 Å². The van der Waals surface area contributed by atoms with Crippen LogP contribution in [0.5, 0.6) is 0 Å². The number of benzene rings is 1. The summed E-state index contributed by atoms with van der Waals surface area (Å²) in [4.78, 5) is 0. The van der Waals surface area contributed by atoms with Crippen molar-refractivity contribution < 1.29 is 44.3 Å².